The second-order valence-electron chi connectivity index (χ2n) is 3.09. The maximum Gasteiger partial charge on any atom is 0.523 e. The van der Waals surface area contributed by atoms with Gasteiger partial charge in [-0.1, -0.05) is 6.58 Å². The molecule has 2 unspecified atom stereocenters. The molecule has 2 atom stereocenters. The molecular formula is C8H10F4O. The molecule has 0 saturated heterocycles. The largest absolute Gasteiger partial charge is 0.523 e. The van der Waals surface area contributed by atoms with E-state index in [0.29, 0.717) is 0 Å². The van der Waals surface area contributed by atoms with E-state index < -0.39 is 18.6 Å². The van der Waals surface area contributed by atoms with Crippen LogP contribution >= 0.6 is 0 Å². The van der Waals surface area contributed by atoms with Gasteiger partial charge >= 0.3 is 6.36 Å². The molecule has 0 aromatic heterocycles. The fourth-order valence-electron chi connectivity index (χ4n) is 1.36. The molecule has 0 heterocycles. The standard InChI is InChI=1S/C8H10F4O/c1-5-4-6(9)2-3-7(5)13-8(10,11)12/h6-7H,1-4H2. The molecule has 0 aromatic rings. The van der Waals surface area contributed by atoms with E-state index in [2.05, 4.69) is 11.3 Å². The number of ether oxygens (including phenoxy) is 1. The van der Waals surface area contributed by atoms with Gasteiger partial charge in [-0.3, -0.25) is 4.74 Å². The van der Waals surface area contributed by atoms with Gasteiger partial charge < -0.3 is 0 Å². The Labute approximate surface area is 73.4 Å². The third-order valence-corrected chi connectivity index (χ3v) is 1.96. The summed E-state index contributed by atoms with van der Waals surface area (Å²) in [5.41, 5.74) is 0.191. The average molecular weight is 198 g/mol. The van der Waals surface area contributed by atoms with Gasteiger partial charge in [0.1, 0.15) is 6.17 Å². The number of halogens is 4. The lowest BCUT2D eigenvalue weighted by atomic mass is 9.92. The molecule has 1 aliphatic rings. The Bertz CT molecular complexity index is 199. The maximum absolute atomic E-state index is 12.6. The predicted molar refractivity (Wildman–Crippen MR) is 38.8 cm³/mol. The quantitative estimate of drug-likeness (QED) is 0.465. The predicted octanol–water partition coefficient (Wildman–Crippen LogP) is 2.97. The molecule has 0 N–H and O–H groups in total. The normalized spacial score (nSPS) is 30.6. The van der Waals surface area contributed by atoms with Crippen molar-refractivity contribution in [3.8, 4) is 0 Å². The van der Waals surface area contributed by atoms with Crippen LogP contribution in [-0.2, 0) is 4.74 Å². The van der Waals surface area contributed by atoms with Crippen molar-refractivity contribution in [1.29, 1.82) is 0 Å². The third-order valence-electron chi connectivity index (χ3n) is 1.96. The molecule has 0 amide bonds. The summed E-state index contributed by atoms with van der Waals surface area (Å²) < 4.78 is 51.7. The smallest absolute Gasteiger partial charge is 0.284 e. The first-order valence-corrected chi connectivity index (χ1v) is 3.95. The molecule has 1 aliphatic carbocycles. The summed E-state index contributed by atoms with van der Waals surface area (Å²) in [4.78, 5) is 0. The summed E-state index contributed by atoms with van der Waals surface area (Å²) in [6.45, 7) is 3.37. The Kier molecular flexibility index (Phi) is 2.95. The highest BCUT2D eigenvalue weighted by Gasteiger charge is 2.36. The molecule has 0 bridgehead atoms. The molecule has 1 nitrogen and oxygen atoms in total. The van der Waals surface area contributed by atoms with E-state index >= 15 is 0 Å². The van der Waals surface area contributed by atoms with E-state index in [1.165, 1.54) is 0 Å². The minimum atomic E-state index is -4.66. The van der Waals surface area contributed by atoms with Crippen LogP contribution in [0.15, 0.2) is 12.2 Å². The lowest BCUT2D eigenvalue weighted by Gasteiger charge is -2.27. The van der Waals surface area contributed by atoms with Crippen LogP contribution in [0.1, 0.15) is 19.3 Å². The molecule has 76 valence electrons. The lowest BCUT2D eigenvalue weighted by molar-refractivity contribution is -0.339. The first-order valence-electron chi connectivity index (χ1n) is 3.95. The van der Waals surface area contributed by atoms with E-state index in [1.807, 2.05) is 0 Å². The van der Waals surface area contributed by atoms with Crippen LogP contribution < -0.4 is 0 Å². The Morgan fingerprint density at radius 2 is 1.92 bits per heavy atom. The fourth-order valence-corrected chi connectivity index (χ4v) is 1.36. The van der Waals surface area contributed by atoms with Crippen molar-refractivity contribution in [3.05, 3.63) is 12.2 Å². The van der Waals surface area contributed by atoms with Crippen molar-refractivity contribution in [2.45, 2.75) is 37.9 Å². The zero-order valence-electron chi connectivity index (χ0n) is 6.90. The second kappa shape index (κ2) is 3.65. The third kappa shape index (κ3) is 3.34. The molecule has 0 aliphatic heterocycles. The molecule has 1 rings (SSSR count). The van der Waals surface area contributed by atoms with Crippen LogP contribution in [0.2, 0.25) is 0 Å². The molecule has 13 heavy (non-hydrogen) atoms. The minimum Gasteiger partial charge on any atom is -0.284 e. The average Bonchev–Trinajstić information content (AvgIpc) is 1.93. The number of rotatable bonds is 1. The van der Waals surface area contributed by atoms with Crippen LogP contribution in [0.5, 0.6) is 0 Å². The zero-order valence-corrected chi connectivity index (χ0v) is 6.90. The Morgan fingerprint density at radius 1 is 1.31 bits per heavy atom. The van der Waals surface area contributed by atoms with Crippen LogP contribution in [0.4, 0.5) is 17.6 Å². The lowest BCUT2D eigenvalue weighted by Crippen LogP contribution is -2.30. The van der Waals surface area contributed by atoms with Crippen molar-refractivity contribution < 1.29 is 22.3 Å². The van der Waals surface area contributed by atoms with E-state index in [0.717, 1.165) is 0 Å². The summed E-state index contributed by atoms with van der Waals surface area (Å²) in [6, 6.07) is 0. The highest BCUT2D eigenvalue weighted by molar-refractivity contribution is 5.07. The van der Waals surface area contributed by atoms with E-state index in [4.69, 9.17) is 0 Å². The summed E-state index contributed by atoms with van der Waals surface area (Å²) in [7, 11) is 0. The number of alkyl halides is 4. The van der Waals surface area contributed by atoms with Gasteiger partial charge in [-0.2, -0.15) is 0 Å². The van der Waals surface area contributed by atoms with Crippen molar-refractivity contribution in [3.63, 3.8) is 0 Å². The second-order valence-corrected chi connectivity index (χ2v) is 3.09. The van der Waals surface area contributed by atoms with Crippen LogP contribution in [-0.4, -0.2) is 18.6 Å². The molecule has 5 heteroatoms. The fraction of sp³-hybridized carbons (Fsp3) is 0.750. The van der Waals surface area contributed by atoms with Gasteiger partial charge in [-0.25, -0.2) is 4.39 Å². The van der Waals surface area contributed by atoms with Gasteiger partial charge in [0.05, 0.1) is 6.10 Å². The number of hydrogen-bond acceptors (Lipinski definition) is 1. The number of hydrogen-bond donors (Lipinski definition) is 0. The highest BCUT2D eigenvalue weighted by atomic mass is 19.4. The first kappa shape index (κ1) is 10.5. The van der Waals surface area contributed by atoms with E-state index in [-0.39, 0.29) is 24.8 Å². The van der Waals surface area contributed by atoms with Crippen molar-refractivity contribution >= 4 is 0 Å². The Morgan fingerprint density at radius 3 is 2.38 bits per heavy atom. The maximum atomic E-state index is 12.6. The van der Waals surface area contributed by atoms with Crippen LogP contribution in [0.25, 0.3) is 0 Å². The van der Waals surface area contributed by atoms with Gasteiger partial charge in [0.25, 0.3) is 0 Å². The Balaban J connectivity index is 2.48. The monoisotopic (exact) mass is 198 g/mol. The highest BCUT2D eigenvalue weighted by Crippen LogP contribution is 2.31. The van der Waals surface area contributed by atoms with Crippen molar-refractivity contribution in [1.82, 2.24) is 0 Å². The van der Waals surface area contributed by atoms with Gasteiger partial charge in [-0.15, -0.1) is 13.2 Å². The van der Waals surface area contributed by atoms with Gasteiger partial charge in [0.2, 0.25) is 0 Å². The van der Waals surface area contributed by atoms with E-state index in [1.54, 1.807) is 0 Å². The molecule has 0 aromatic carbocycles. The molecule has 0 radical (unpaired) electrons. The summed E-state index contributed by atoms with van der Waals surface area (Å²) >= 11 is 0. The first-order chi connectivity index (χ1) is 5.88. The molecule has 1 fully saturated rings. The summed E-state index contributed by atoms with van der Waals surface area (Å²) in [5, 5.41) is 0. The molecule has 0 spiro atoms. The van der Waals surface area contributed by atoms with Gasteiger partial charge in [-0.05, 0) is 18.4 Å². The summed E-state index contributed by atoms with van der Waals surface area (Å²) in [5.74, 6) is 0. The van der Waals surface area contributed by atoms with Crippen molar-refractivity contribution in [2.24, 2.45) is 0 Å². The topological polar surface area (TPSA) is 9.23 Å². The van der Waals surface area contributed by atoms with E-state index in [9.17, 15) is 17.6 Å². The SMILES string of the molecule is C=C1CC(F)CCC1OC(F)(F)F. The Hall–Kier alpha value is -0.580. The molecular weight excluding hydrogens is 188 g/mol. The van der Waals surface area contributed by atoms with Gasteiger partial charge in [0.15, 0.2) is 0 Å². The minimum absolute atomic E-state index is 0.0270. The van der Waals surface area contributed by atoms with Crippen LogP contribution in [0, 0.1) is 0 Å². The zero-order chi connectivity index (χ0) is 10.1. The van der Waals surface area contributed by atoms with Gasteiger partial charge in [0, 0.05) is 6.42 Å². The van der Waals surface area contributed by atoms with Crippen LogP contribution in [0.3, 0.4) is 0 Å². The summed E-state index contributed by atoms with van der Waals surface area (Å²) in [6.07, 6.45) is -6.65. The molecule has 1 saturated carbocycles. The van der Waals surface area contributed by atoms with Crippen molar-refractivity contribution in [2.75, 3.05) is 0 Å².